The van der Waals surface area contributed by atoms with Crippen LogP contribution in [0.15, 0.2) is 64.8 Å². The van der Waals surface area contributed by atoms with Gasteiger partial charge in [-0.25, -0.2) is 4.79 Å². The van der Waals surface area contributed by atoms with Crippen LogP contribution in [-0.2, 0) is 23.9 Å². The summed E-state index contributed by atoms with van der Waals surface area (Å²) in [6, 6.07) is 14.6. The molecule has 1 fully saturated rings. The highest BCUT2D eigenvalue weighted by atomic mass is 16.5. The second-order valence-corrected chi connectivity index (χ2v) is 9.24. The van der Waals surface area contributed by atoms with E-state index in [2.05, 4.69) is 0 Å². The third-order valence-corrected chi connectivity index (χ3v) is 7.20. The van der Waals surface area contributed by atoms with Gasteiger partial charge in [-0.05, 0) is 56.5 Å². The van der Waals surface area contributed by atoms with Crippen molar-refractivity contribution >= 4 is 23.4 Å². The Morgan fingerprint density at radius 3 is 2.24 bits per heavy atom. The summed E-state index contributed by atoms with van der Waals surface area (Å²) in [5.74, 6) is -3.33. The topological polar surface area (TPSA) is 100 Å². The average Bonchev–Trinajstić information content (AvgIpc) is 2.92. The predicted molar refractivity (Wildman–Crippen MR) is 141 cm³/mol. The Balaban J connectivity index is 1.90. The number of benzene rings is 2. The van der Waals surface area contributed by atoms with Crippen molar-refractivity contribution in [3.05, 3.63) is 70.9 Å². The summed E-state index contributed by atoms with van der Waals surface area (Å²) in [5, 5.41) is 0. The number of allylic oxidation sites excluding steroid dienone is 1. The van der Waals surface area contributed by atoms with Crippen LogP contribution in [0.4, 0.5) is 0 Å². The van der Waals surface area contributed by atoms with Crippen molar-refractivity contribution < 1.29 is 33.3 Å². The van der Waals surface area contributed by atoms with Crippen LogP contribution in [0.5, 0.6) is 11.5 Å². The Morgan fingerprint density at radius 2 is 1.61 bits per heavy atom. The van der Waals surface area contributed by atoms with Gasteiger partial charge in [-0.1, -0.05) is 30.3 Å². The lowest BCUT2D eigenvalue weighted by Crippen LogP contribution is -2.48. The molecule has 0 radical (unpaired) electrons. The van der Waals surface area contributed by atoms with Gasteiger partial charge in [0.05, 0.1) is 38.9 Å². The number of para-hydroxylation sites is 1. The molecule has 8 heteroatoms. The Kier molecular flexibility index (Phi) is 8.29. The van der Waals surface area contributed by atoms with Gasteiger partial charge in [0, 0.05) is 23.2 Å². The minimum atomic E-state index is -1.09. The molecule has 2 aromatic rings. The quantitative estimate of drug-likeness (QED) is 0.370. The number of hydrogen-bond donors (Lipinski definition) is 0. The van der Waals surface area contributed by atoms with Crippen LogP contribution in [0.1, 0.15) is 50.2 Å². The molecule has 0 aromatic heterocycles. The maximum atomic E-state index is 14.4. The molecule has 1 heterocycles. The molecule has 0 saturated heterocycles. The second-order valence-electron chi connectivity index (χ2n) is 9.24. The van der Waals surface area contributed by atoms with Gasteiger partial charge in [0.2, 0.25) is 0 Å². The summed E-state index contributed by atoms with van der Waals surface area (Å²) >= 11 is 0. The number of Topliss-reactive ketones (excluding diaryl/α,β-unsaturated/α-hetero) is 1. The molecule has 1 aliphatic carbocycles. The summed E-state index contributed by atoms with van der Waals surface area (Å²) < 4.78 is 21.7. The molecule has 4 atom stereocenters. The lowest BCUT2D eigenvalue weighted by Gasteiger charge is -2.41. The van der Waals surface area contributed by atoms with E-state index in [9.17, 15) is 14.4 Å². The highest BCUT2D eigenvalue weighted by Gasteiger charge is 2.53. The number of carbonyl (C=O) groups excluding carboxylic acids is 3. The van der Waals surface area contributed by atoms with Crippen molar-refractivity contribution in [3.8, 4) is 11.5 Å². The molecular formula is C30H33NO7. The summed E-state index contributed by atoms with van der Waals surface area (Å²) in [6.45, 7) is 5.52. The van der Waals surface area contributed by atoms with Crippen LogP contribution in [0.25, 0.3) is 0 Å². The zero-order valence-corrected chi connectivity index (χ0v) is 22.4. The van der Waals surface area contributed by atoms with Gasteiger partial charge in [-0.15, -0.1) is 0 Å². The number of nitrogens with zero attached hydrogens (tertiary/aromatic N) is 1. The van der Waals surface area contributed by atoms with Crippen LogP contribution in [-0.4, -0.2) is 50.9 Å². The third kappa shape index (κ3) is 4.95. The highest BCUT2D eigenvalue weighted by molar-refractivity contribution is 6.18. The van der Waals surface area contributed by atoms with Crippen molar-refractivity contribution in [3.63, 3.8) is 0 Å². The molecular weight excluding hydrogens is 486 g/mol. The van der Waals surface area contributed by atoms with Gasteiger partial charge in [0.1, 0.15) is 17.4 Å². The zero-order chi connectivity index (χ0) is 27.4. The fraction of sp³-hybridized carbons (Fsp3) is 0.400. The molecule has 1 unspecified atom stereocenters. The third-order valence-electron chi connectivity index (χ3n) is 7.20. The molecule has 0 amide bonds. The van der Waals surface area contributed by atoms with Crippen molar-refractivity contribution in [2.45, 2.75) is 39.0 Å². The lowest BCUT2D eigenvalue weighted by molar-refractivity contribution is -0.153. The minimum absolute atomic E-state index is 0.141. The lowest BCUT2D eigenvalue weighted by atomic mass is 9.62. The summed E-state index contributed by atoms with van der Waals surface area (Å²) in [5.41, 5.74) is 2.91. The van der Waals surface area contributed by atoms with Crippen molar-refractivity contribution in [1.29, 1.82) is 0 Å². The van der Waals surface area contributed by atoms with Gasteiger partial charge in [0.15, 0.2) is 5.78 Å². The molecule has 0 spiro atoms. The van der Waals surface area contributed by atoms with Crippen LogP contribution in [0.3, 0.4) is 0 Å². The van der Waals surface area contributed by atoms with Crippen LogP contribution >= 0.6 is 0 Å². The number of fused-ring (bicyclic) bond motifs is 1. The Bertz CT molecular complexity index is 1280. The number of methoxy groups -OCH3 is 2. The Labute approximate surface area is 222 Å². The van der Waals surface area contributed by atoms with E-state index in [4.69, 9.17) is 23.9 Å². The normalized spacial score (nSPS) is 22.8. The van der Waals surface area contributed by atoms with Gasteiger partial charge < -0.3 is 18.9 Å². The first-order valence-electron chi connectivity index (χ1n) is 12.8. The molecule has 2 aromatic carbocycles. The average molecular weight is 520 g/mol. The number of ether oxygens (including phenoxy) is 4. The fourth-order valence-electron chi connectivity index (χ4n) is 5.59. The first kappa shape index (κ1) is 27.1. The smallest absolute Gasteiger partial charge is 0.336 e. The van der Waals surface area contributed by atoms with E-state index in [1.807, 2.05) is 30.3 Å². The minimum Gasteiger partial charge on any atom is -0.497 e. The van der Waals surface area contributed by atoms with Crippen molar-refractivity contribution in [2.75, 3.05) is 27.4 Å². The van der Waals surface area contributed by atoms with Gasteiger partial charge in [0.25, 0.3) is 0 Å². The fourth-order valence-corrected chi connectivity index (χ4v) is 5.59. The van der Waals surface area contributed by atoms with E-state index in [0.717, 1.165) is 11.1 Å². The van der Waals surface area contributed by atoms with Gasteiger partial charge in [-0.2, -0.15) is 0 Å². The highest BCUT2D eigenvalue weighted by Crippen LogP contribution is 2.49. The maximum absolute atomic E-state index is 14.4. The van der Waals surface area contributed by atoms with E-state index >= 15 is 0 Å². The van der Waals surface area contributed by atoms with Gasteiger partial charge >= 0.3 is 11.9 Å². The van der Waals surface area contributed by atoms with E-state index in [1.54, 1.807) is 53.2 Å². The number of esters is 2. The number of rotatable bonds is 8. The SMILES string of the molecule is CCOC(=O)C1=C(C)N=C2C[C@H](c3ccccc3OC)[C@H](C(=O)OCC)C(=O)C2[C@@H]1c1ccc(OC)cc1. The summed E-state index contributed by atoms with van der Waals surface area (Å²) in [7, 11) is 3.13. The van der Waals surface area contributed by atoms with Crippen LogP contribution in [0, 0.1) is 11.8 Å². The predicted octanol–water partition coefficient (Wildman–Crippen LogP) is 4.63. The number of carbonyl (C=O) groups is 3. The largest absolute Gasteiger partial charge is 0.497 e. The molecule has 0 bridgehead atoms. The van der Waals surface area contributed by atoms with Crippen molar-refractivity contribution in [1.82, 2.24) is 0 Å². The standard InChI is InChI=1S/C30H33NO7/c1-6-37-29(33)24-17(3)31-22-16-21(20-10-8-9-11-23(20)36-5)26(30(34)38-7-2)28(32)27(22)25(24)18-12-14-19(35-4)15-13-18/h8-15,21,25-27H,6-7,16H2,1-5H3/t21-,25-,26+,27?/m1/s1. The van der Waals surface area contributed by atoms with Crippen molar-refractivity contribution in [2.24, 2.45) is 16.8 Å². The zero-order valence-electron chi connectivity index (χ0n) is 22.4. The van der Waals surface area contributed by atoms with E-state index in [1.165, 1.54) is 0 Å². The molecule has 38 heavy (non-hydrogen) atoms. The number of hydrogen-bond acceptors (Lipinski definition) is 8. The van der Waals surface area contributed by atoms with Gasteiger partial charge in [-0.3, -0.25) is 14.6 Å². The Hall–Kier alpha value is -3.94. The monoisotopic (exact) mass is 519 g/mol. The van der Waals surface area contributed by atoms with E-state index < -0.39 is 35.6 Å². The van der Waals surface area contributed by atoms with Crippen LogP contribution < -0.4 is 9.47 Å². The second kappa shape index (κ2) is 11.6. The maximum Gasteiger partial charge on any atom is 0.336 e. The van der Waals surface area contributed by atoms with Crippen LogP contribution in [0.2, 0.25) is 0 Å². The molecule has 1 saturated carbocycles. The number of ketones is 1. The first-order valence-corrected chi connectivity index (χ1v) is 12.8. The molecule has 2 aliphatic rings. The molecule has 1 aliphatic heterocycles. The number of aliphatic imine (C=N–C) groups is 1. The molecule has 200 valence electrons. The summed E-state index contributed by atoms with van der Waals surface area (Å²) in [4.78, 5) is 45.7. The first-order chi connectivity index (χ1) is 18.4. The molecule has 8 nitrogen and oxygen atoms in total. The summed E-state index contributed by atoms with van der Waals surface area (Å²) in [6.07, 6.45) is 0.334. The van der Waals surface area contributed by atoms with E-state index in [0.29, 0.717) is 34.9 Å². The van der Waals surface area contributed by atoms with E-state index in [-0.39, 0.29) is 19.0 Å². The Morgan fingerprint density at radius 1 is 0.921 bits per heavy atom. The molecule has 0 N–H and O–H groups in total. The molecule has 4 rings (SSSR count).